The Labute approximate surface area is 116 Å². The summed E-state index contributed by atoms with van der Waals surface area (Å²) in [6, 6.07) is 2.95. The summed E-state index contributed by atoms with van der Waals surface area (Å²) >= 11 is 8.95. The van der Waals surface area contributed by atoms with Crippen LogP contribution in [0.4, 0.5) is 8.78 Å². The number of rotatable bonds is 5. The molecule has 18 heavy (non-hydrogen) atoms. The molecule has 7 heteroatoms. The van der Waals surface area contributed by atoms with Crippen molar-refractivity contribution in [3.05, 3.63) is 27.2 Å². The summed E-state index contributed by atoms with van der Waals surface area (Å²) < 4.78 is 34.0. The molecule has 0 aromatic heterocycles. The molecule has 0 saturated heterocycles. The van der Waals surface area contributed by atoms with Gasteiger partial charge in [0.2, 0.25) is 0 Å². The Bertz CT molecular complexity index is 441. The third kappa shape index (κ3) is 4.10. The van der Waals surface area contributed by atoms with Crippen LogP contribution in [-0.4, -0.2) is 19.2 Å². The molecule has 0 unspecified atom stereocenters. The van der Waals surface area contributed by atoms with Gasteiger partial charge in [-0.25, -0.2) is 0 Å². The van der Waals surface area contributed by atoms with Crippen LogP contribution in [0, 0.1) is 0 Å². The van der Waals surface area contributed by atoms with Crippen LogP contribution in [0.5, 0.6) is 5.75 Å². The highest BCUT2D eigenvalue weighted by molar-refractivity contribution is 9.10. The van der Waals surface area contributed by atoms with Gasteiger partial charge in [-0.05, 0) is 35.0 Å². The fourth-order valence-electron chi connectivity index (χ4n) is 1.31. The molecule has 3 nitrogen and oxygen atoms in total. The van der Waals surface area contributed by atoms with Crippen LogP contribution < -0.4 is 4.74 Å². The van der Waals surface area contributed by atoms with E-state index in [1.54, 1.807) is 6.92 Å². The van der Waals surface area contributed by atoms with E-state index in [-0.39, 0.29) is 29.4 Å². The van der Waals surface area contributed by atoms with E-state index >= 15 is 0 Å². The summed E-state index contributed by atoms with van der Waals surface area (Å²) in [7, 11) is 0. The standard InChI is InChI=1S/C11H10BrClF2O3/c1-2-17-9(16)5-6-8(13)4-3-7(12)10(6)18-11(14)15/h3-4,11H,2,5H2,1H3. The van der Waals surface area contributed by atoms with Crippen molar-refractivity contribution in [2.45, 2.75) is 20.0 Å². The van der Waals surface area contributed by atoms with Crippen LogP contribution in [0.2, 0.25) is 5.02 Å². The lowest BCUT2D eigenvalue weighted by molar-refractivity contribution is -0.142. The van der Waals surface area contributed by atoms with Crippen molar-refractivity contribution in [2.75, 3.05) is 6.61 Å². The molecule has 0 saturated carbocycles. The molecule has 0 aliphatic carbocycles. The number of halogens is 4. The fraction of sp³-hybridized carbons (Fsp3) is 0.364. The minimum absolute atomic E-state index is 0.148. The molecule has 0 N–H and O–H groups in total. The van der Waals surface area contributed by atoms with E-state index in [1.807, 2.05) is 0 Å². The third-order valence-electron chi connectivity index (χ3n) is 1.99. The molecule has 1 aromatic carbocycles. The lowest BCUT2D eigenvalue weighted by Crippen LogP contribution is -2.11. The van der Waals surface area contributed by atoms with Gasteiger partial charge in [-0.2, -0.15) is 8.78 Å². The minimum atomic E-state index is -3.00. The average molecular weight is 344 g/mol. The third-order valence-corrected chi connectivity index (χ3v) is 2.97. The van der Waals surface area contributed by atoms with Gasteiger partial charge in [-0.1, -0.05) is 11.6 Å². The van der Waals surface area contributed by atoms with E-state index in [2.05, 4.69) is 20.7 Å². The van der Waals surface area contributed by atoms with E-state index in [4.69, 9.17) is 16.3 Å². The molecular weight excluding hydrogens is 333 g/mol. The first-order valence-corrected chi connectivity index (χ1v) is 6.20. The van der Waals surface area contributed by atoms with Gasteiger partial charge in [-0.3, -0.25) is 4.79 Å². The minimum Gasteiger partial charge on any atom is -0.466 e. The lowest BCUT2D eigenvalue weighted by Gasteiger charge is -2.13. The molecule has 0 heterocycles. The zero-order valence-corrected chi connectivity index (χ0v) is 11.7. The van der Waals surface area contributed by atoms with Crippen LogP contribution in [0.3, 0.4) is 0 Å². The van der Waals surface area contributed by atoms with Gasteiger partial charge in [-0.15, -0.1) is 0 Å². The van der Waals surface area contributed by atoms with Crippen molar-refractivity contribution in [2.24, 2.45) is 0 Å². The summed E-state index contributed by atoms with van der Waals surface area (Å²) in [5, 5.41) is 0.168. The van der Waals surface area contributed by atoms with Crippen molar-refractivity contribution in [3.8, 4) is 5.75 Å². The lowest BCUT2D eigenvalue weighted by atomic mass is 10.1. The molecule has 0 spiro atoms. The van der Waals surface area contributed by atoms with Crippen LogP contribution in [0.1, 0.15) is 12.5 Å². The highest BCUT2D eigenvalue weighted by atomic mass is 79.9. The molecule has 100 valence electrons. The van der Waals surface area contributed by atoms with Crippen LogP contribution in [0.25, 0.3) is 0 Å². The summed E-state index contributed by atoms with van der Waals surface area (Å²) in [6.07, 6.45) is -0.228. The number of benzene rings is 1. The monoisotopic (exact) mass is 342 g/mol. The van der Waals surface area contributed by atoms with Gasteiger partial charge in [0.15, 0.2) is 0 Å². The first kappa shape index (κ1) is 15.2. The number of esters is 1. The van der Waals surface area contributed by atoms with E-state index in [0.717, 1.165) is 0 Å². The Kier molecular flexibility index (Phi) is 5.81. The molecule has 1 rings (SSSR count). The molecule has 0 radical (unpaired) electrons. The largest absolute Gasteiger partial charge is 0.466 e. The second-order valence-corrected chi connectivity index (χ2v) is 4.46. The van der Waals surface area contributed by atoms with E-state index in [0.29, 0.717) is 4.47 Å². The Morgan fingerprint density at radius 1 is 1.50 bits per heavy atom. The molecule has 0 fully saturated rings. The second kappa shape index (κ2) is 6.89. The molecule has 0 bridgehead atoms. The summed E-state index contributed by atoms with van der Waals surface area (Å²) in [4.78, 5) is 11.4. The Balaban J connectivity index is 3.06. The van der Waals surface area contributed by atoms with Crippen molar-refractivity contribution in [3.63, 3.8) is 0 Å². The Hall–Kier alpha value is -0.880. The zero-order valence-electron chi connectivity index (χ0n) is 9.38. The maximum atomic E-state index is 12.3. The first-order chi connectivity index (χ1) is 8.45. The normalized spacial score (nSPS) is 10.6. The SMILES string of the molecule is CCOC(=O)Cc1c(Cl)ccc(Br)c1OC(F)F. The van der Waals surface area contributed by atoms with Crippen molar-refractivity contribution in [1.82, 2.24) is 0 Å². The highest BCUT2D eigenvalue weighted by Crippen LogP contribution is 2.35. The first-order valence-electron chi connectivity index (χ1n) is 5.03. The Morgan fingerprint density at radius 3 is 2.72 bits per heavy atom. The summed E-state index contributed by atoms with van der Waals surface area (Å²) in [5.41, 5.74) is 0.171. The second-order valence-electron chi connectivity index (χ2n) is 3.20. The smallest absolute Gasteiger partial charge is 0.387 e. The van der Waals surface area contributed by atoms with Crippen molar-refractivity contribution >= 4 is 33.5 Å². The maximum absolute atomic E-state index is 12.3. The zero-order chi connectivity index (χ0) is 13.7. The molecule has 0 aliphatic heterocycles. The molecule has 1 aromatic rings. The summed E-state index contributed by atoms with van der Waals surface area (Å²) in [5.74, 6) is -0.706. The van der Waals surface area contributed by atoms with Gasteiger partial charge in [0.05, 0.1) is 17.5 Å². The molecule has 0 aliphatic rings. The maximum Gasteiger partial charge on any atom is 0.387 e. The number of hydrogen-bond donors (Lipinski definition) is 0. The number of ether oxygens (including phenoxy) is 2. The number of carbonyl (C=O) groups excluding carboxylic acids is 1. The van der Waals surface area contributed by atoms with Crippen LogP contribution >= 0.6 is 27.5 Å². The molecule has 0 atom stereocenters. The van der Waals surface area contributed by atoms with Crippen molar-refractivity contribution in [1.29, 1.82) is 0 Å². The van der Waals surface area contributed by atoms with Gasteiger partial charge in [0.1, 0.15) is 5.75 Å². The van der Waals surface area contributed by atoms with Gasteiger partial charge in [0.25, 0.3) is 0 Å². The van der Waals surface area contributed by atoms with Gasteiger partial charge in [0, 0.05) is 10.6 Å². The van der Waals surface area contributed by atoms with E-state index in [1.165, 1.54) is 12.1 Å². The predicted octanol–water partition coefficient (Wildman–Crippen LogP) is 3.81. The van der Waals surface area contributed by atoms with Gasteiger partial charge >= 0.3 is 12.6 Å². The number of carbonyl (C=O) groups is 1. The van der Waals surface area contributed by atoms with Crippen molar-refractivity contribution < 1.29 is 23.0 Å². The number of hydrogen-bond acceptors (Lipinski definition) is 3. The molecule has 0 amide bonds. The highest BCUT2D eigenvalue weighted by Gasteiger charge is 2.19. The molecular formula is C11H10BrClF2O3. The predicted molar refractivity (Wildman–Crippen MR) is 66.1 cm³/mol. The quantitative estimate of drug-likeness (QED) is 0.763. The average Bonchev–Trinajstić information content (AvgIpc) is 2.28. The Morgan fingerprint density at radius 2 is 2.17 bits per heavy atom. The van der Waals surface area contributed by atoms with E-state index in [9.17, 15) is 13.6 Å². The van der Waals surface area contributed by atoms with Crippen LogP contribution in [-0.2, 0) is 16.0 Å². The number of alkyl halides is 2. The topological polar surface area (TPSA) is 35.5 Å². The van der Waals surface area contributed by atoms with Gasteiger partial charge < -0.3 is 9.47 Å². The van der Waals surface area contributed by atoms with E-state index < -0.39 is 12.6 Å². The van der Waals surface area contributed by atoms with Crippen LogP contribution in [0.15, 0.2) is 16.6 Å². The summed E-state index contributed by atoms with van der Waals surface area (Å²) in [6.45, 7) is -1.15. The fourth-order valence-corrected chi connectivity index (χ4v) is 1.99.